The van der Waals surface area contributed by atoms with Gasteiger partial charge in [-0.1, -0.05) is 46.0 Å². The molecule has 0 saturated heterocycles. The molecule has 0 spiro atoms. The summed E-state index contributed by atoms with van der Waals surface area (Å²) in [5, 5.41) is 16.5. The van der Waals surface area contributed by atoms with Gasteiger partial charge in [0.25, 0.3) is 0 Å². The SMILES string of the molecule is CNC(=O)[C@@H](C[C@H](O)[C@H](CC1CCCCC1)NC(=O)OC(C)(C)C)C(C)C. The molecule has 0 aromatic rings. The van der Waals surface area contributed by atoms with Crippen LogP contribution in [0.2, 0.25) is 0 Å². The van der Waals surface area contributed by atoms with Crippen LogP contribution in [0.25, 0.3) is 0 Å². The minimum absolute atomic E-state index is 0.0715. The lowest BCUT2D eigenvalue weighted by Gasteiger charge is -2.32. The number of carbonyl (C=O) groups excluding carboxylic acids is 2. The Labute approximate surface area is 164 Å². The van der Waals surface area contributed by atoms with E-state index in [1.54, 1.807) is 7.05 Å². The summed E-state index contributed by atoms with van der Waals surface area (Å²) in [5.74, 6) is 0.235. The number of alkyl carbamates (subject to hydrolysis) is 1. The highest BCUT2D eigenvalue weighted by atomic mass is 16.6. The van der Waals surface area contributed by atoms with E-state index in [2.05, 4.69) is 10.6 Å². The van der Waals surface area contributed by atoms with Gasteiger partial charge in [0.1, 0.15) is 5.60 Å². The summed E-state index contributed by atoms with van der Waals surface area (Å²) in [6.07, 6.45) is 5.66. The zero-order valence-corrected chi connectivity index (χ0v) is 18.0. The highest BCUT2D eigenvalue weighted by molar-refractivity contribution is 5.78. The largest absolute Gasteiger partial charge is 0.444 e. The normalized spacial score (nSPS) is 19.3. The van der Waals surface area contributed by atoms with Crippen molar-refractivity contribution in [3.8, 4) is 0 Å². The number of aliphatic hydroxyl groups is 1. The first kappa shape index (κ1) is 23.7. The summed E-state index contributed by atoms with van der Waals surface area (Å²) in [4.78, 5) is 24.5. The first-order valence-corrected chi connectivity index (χ1v) is 10.4. The smallest absolute Gasteiger partial charge is 0.407 e. The average molecular weight is 385 g/mol. The van der Waals surface area contributed by atoms with Crippen LogP contribution in [-0.2, 0) is 9.53 Å². The van der Waals surface area contributed by atoms with Crippen LogP contribution in [0.5, 0.6) is 0 Å². The van der Waals surface area contributed by atoms with E-state index in [0.29, 0.717) is 12.3 Å². The molecular formula is C21H40N2O4. The van der Waals surface area contributed by atoms with Crippen molar-refractivity contribution in [2.24, 2.45) is 17.8 Å². The van der Waals surface area contributed by atoms with Gasteiger partial charge in [0, 0.05) is 13.0 Å². The third-order valence-electron chi connectivity index (χ3n) is 5.36. The average Bonchev–Trinajstić information content (AvgIpc) is 2.57. The van der Waals surface area contributed by atoms with Crippen molar-refractivity contribution in [2.45, 2.75) is 97.3 Å². The van der Waals surface area contributed by atoms with E-state index >= 15 is 0 Å². The number of hydrogen-bond acceptors (Lipinski definition) is 4. The molecule has 3 N–H and O–H groups in total. The summed E-state index contributed by atoms with van der Waals surface area (Å²) < 4.78 is 5.39. The maximum Gasteiger partial charge on any atom is 0.407 e. The second-order valence-corrected chi connectivity index (χ2v) is 9.26. The number of ether oxygens (including phenoxy) is 1. The Morgan fingerprint density at radius 2 is 1.74 bits per heavy atom. The fourth-order valence-electron chi connectivity index (χ4n) is 3.84. The first-order chi connectivity index (χ1) is 12.5. The van der Waals surface area contributed by atoms with Crippen molar-refractivity contribution in [3.63, 3.8) is 0 Å². The fourth-order valence-corrected chi connectivity index (χ4v) is 3.84. The van der Waals surface area contributed by atoms with Crippen molar-refractivity contribution in [1.29, 1.82) is 0 Å². The molecule has 6 nitrogen and oxygen atoms in total. The number of amides is 2. The maximum atomic E-state index is 12.3. The Morgan fingerprint density at radius 1 is 1.15 bits per heavy atom. The molecule has 0 aliphatic heterocycles. The van der Waals surface area contributed by atoms with E-state index in [1.807, 2.05) is 34.6 Å². The molecule has 1 fully saturated rings. The fraction of sp³-hybridized carbons (Fsp3) is 0.905. The van der Waals surface area contributed by atoms with E-state index in [0.717, 1.165) is 19.3 Å². The molecule has 3 atom stereocenters. The number of aliphatic hydroxyl groups excluding tert-OH is 1. The van der Waals surface area contributed by atoms with Crippen molar-refractivity contribution >= 4 is 12.0 Å². The first-order valence-electron chi connectivity index (χ1n) is 10.4. The van der Waals surface area contributed by atoms with Gasteiger partial charge in [0.05, 0.1) is 12.1 Å². The Bertz CT molecular complexity index is 467. The highest BCUT2D eigenvalue weighted by Crippen LogP contribution is 2.29. The van der Waals surface area contributed by atoms with E-state index in [-0.39, 0.29) is 17.7 Å². The van der Waals surface area contributed by atoms with E-state index < -0.39 is 23.8 Å². The van der Waals surface area contributed by atoms with Gasteiger partial charge in [0.2, 0.25) is 5.91 Å². The second kappa shape index (κ2) is 10.9. The van der Waals surface area contributed by atoms with Crippen LogP contribution in [0.15, 0.2) is 0 Å². The molecule has 1 aliphatic rings. The molecular weight excluding hydrogens is 344 g/mol. The van der Waals surface area contributed by atoms with Gasteiger partial charge in [-0.2, -0.15) is 0 Å². The molecule has 1 saturated carbocycles. The predicted molar refractivity (Wildman–Crippen MR) is 107 cm³/mol. The van der Waals surface area contributed by atoms with Crippen molar-refractivity contribution < 1.29 is 19.4 Å². The van der Waals surface area contributed by atoms with Gasteiger partial charge in [-0.15, -0.1) is 0 Å². The molecule has 1 rings (SSSR count). The van der Waals surface area contributed by atoms with Crippen LogP contribution in [0, 0.1) is 17.8 Å². The van der Waals surface area contributed by atoms with Gasteiger partial charge < -0.3 is 20.5 Å². The summed E-state index contributed by atoms with van der Waals surface area (Å²) in [5.41, 5.74) is -0.590. The number of nitrogens with one attached hydrogen (secondary N) is 2. The standard InChI is InChI=1S/C21H40N2O4/c1-14(2)16(19(25)22-6)13-18(24)17(12-15-10-8-7-9-11-15)23-20(26)27-21(3,4)5/h14-18,24H,7-13H2,1-6H3,(H,22,25)(H,23,26)/t16-,17-,18-/m0/s1. The lowest BCUT2D eigenvalue weighted by atomic mass is 9.81. The number of hydrogen-bond donors (Lipinski definition) is 3. The van der Waals surface area contributed by atoms with Crippen LogP contribution in [-0.4, -0.2) is 41.9 Å². The lowest BCUT2D eigenvalue weighted by molar-refractivity contribution is -0.127. The Hall–Kier alpha value is -1.30. The molecule has 0 aromatic heterocycles. The van der Waals surface area contributed by atoms with Crippen LogP contribution < -0.4 is 10.6 Å². The van der Waals surface area contributed by atoms with Gasteiger partial charge in [-0.25, -0.2) is 4.79 Å². The maximum absolute atomic E-state index is 12.3. The van der Waals surface area contributed by atoms with E-state index in [1.165, 1.54) is 19.3 Å². The van der Waals surface area contributed by atoms with Gasteiger partial charge in [0.15, 0.2) is 0 Å². The summed E-state index contributed by atoms with van der Waals surface area (Å²) >= 11 is 0. The lowest BCUT2D eigenvalue weighted by Crippen LogP contribution is -2.48. The Morgan fingerprint density at radius 3 is 2.22 bits per heavy atom. The van der Waals surface area contributed by atoms with Gasteiger partial charge in [-0.05, 0) is 45.4 Å². The quantitative estimate of drug-likeness (QED) is 0.596. The molecule has 0 unspecified atom stereocenters. The third kappa shape index (κ3) is 8.96. The van der Waals surface area contributed by atoms with E-state index in [4.69, 9.17) is 4.74 Å². The second-order valence-electron chi connectivity index (χ2n) is 9.26. The Balaban J connectivity index is 2.83. The molecule has 0 bridgehead atoms. The highest BCUT2D eigenvalue weighted by Gasteiger charge is 2.32. The minimum atomic E-state index is -0.788. The molecule has 27 heavy (non-hydrogen) atoms. The molecule has 0 heterocycles. The van der Waals surface area contributed by atoms with Crippen molar-refractivity contribution in [3.05, 3.63) is 0 Å². The Kier molecular flexibility index (Phi) is 9.57. The summed E-state index contributed by atoms with van der Waals surface area (Å²) in [6, 6.07) is -0.408. The number of rotatable bonds is 8. The molecule has 0 aromatic carbocycles. The number of carbonyl (C=O) groups is 2. The molecule has 0 radical (unpaired) electrons. The topological polar surface area (TPSA) is 87.7 Å². The van der Waals surface area contributed by atoms with Gasteiger partial charge >= 0.3 is 6.09 Å². The summed E-state index contributed by atoms with van der Waals surface area (Å²) in [7, 11) is 1.61. The predicted octanol–water partition coefficient (Wildman–Crippen LogP) is 3.62. The molecule has 2 amide bonds. The summed E-state index contributed by atoms with van der Waals surface area (Å²) in [6.45, 7) is 9.41. The van der Waals surface area contributed by atoms with Crippen molar-refractivity contribution in [1.82, 2.24) is 10.6 Å². The third-order valence-corrected chi connectivity index (χ3v) is 5.36. The van der Waals surface area contributed by atoms with Crippen LogP contribution in [0.4, 0.5) is 4.79 Å². The van der Waals surface area contributed by atoms with Gasteiger partial charge in [-0.3, -0.25) is 4.79 Å². The van der Waals surface area contributed by atoms with Crippen LogP contribution >= 0.6 is 0 Å². The zero-order valence-electron chi connectivity index (χ0n) is 18.0. The molecule has 6 heteroatoms. The van der Waals surface area contributed by atoms with Crippen LogP contribution in [0.1, 0.15) is 79.6 Å². The molecule has 1 aliphatic carbocycles. The van der Waals surface area contributed by atoms with Crippen LogP contribution in [0.3, 0.4) is 0 Å². The zero-order chi connectivity index (χ0) is 20.6. The molecule has 158 valence electrons. The minimum Gasteiger partial charge on any atom is -0.444 e. The monoisotopic (exact) mass is 384 g/mol. The van der Waals surface area contributed by atoms with E-state index in [9.17, 15) is 14.7 Å². The van der Waals surface area contributed by atoms with Crippen molar-refractivity contribution in [2.75, 3.05) is 7.05 Å².